The number of aryl methyl sites for hydroxylation is 3. The first kappa shape index (κ1) is 15.2. The number of carbonyl (C=O) groups excluding carboxylic acids is 1. The van der Waals surface area contributed by atoms with Crippen molar-refractivity contribution in [3.8, 4) is 0 Å². The molecule has 0 unspecified atom stereocenters. The van der Waals surface area contributed by atoms with Crippen molar-refractivity contribution in [2.75, 3.05) is 0 Å². The molecule has 0 aliphatic rings. The molecule has 7 nitrogen and oxygen atoms in total. The molecule has 1 N–H and O–H groups in total. The van der Waals surface area contributed by atoms with Crippen LogP contribution in [0.4, 0.5) is 0 Å². The molecule has 3 rings (SSSR count). The van der Waals surface area contributed by atoms with Crippen molar-refractivity contribution in [1.29, 1.82) is 0 Å². The van der Waals surface area contributed by atoms with Gasteiger partial charge < -0.3 is 9.84 Å². The Hall–Kier alpha value is -2.70. The third-order valence-corrected chi connectivity index (χ3v) is 3.85. The van der Waals surface area contributed by atoms with E-state index < -0.39 is 0 Å². The molecule has 0 aliphatic carbocycles. The summed E-state index contributed by atoms with van der Waals surface area (Å²) in [7, 11) is 0. The highest BCUT2D eigenvalue weighted by Crippen LogP contribution is 2.15. The van der Waals surface area contributed by atoms with E-state index in [4.69, 9.17) is 4.52 Å². The minimum absolute atomic E-state index is 0.122. The zero-order chi connectivity index (χ0) is 16.4. The lowest BCUT2D eigenvalue weighted by Crippen LogP contribution is -2.28. The number of amides is 1. The maximum absolute atomic E-state index is 12.2. The van der Waals surface area contributed by atoms with E-state index in [2.05, 4.69) is 20.6 Å². The van der Waals surface area contributed by atoms with Crippen LogP contribution in [0.1, 0.15) is 29.6 Å². The van der Waals surface area contributed by atoms with E-state index >= 15 is 0 Å². The SMILES string of the molecule is CCc1noc(C)c1CNC(=O)Cn1nc(C)c2cccnc21. The molecular formula is C16H19N5O2. The van der Waals surface area contributed by atoms with E-state index in [9.17, 15) is 4.79 Å². The Kier molecular flexibility index (Phi) is 4.10. The summed E-state index contributed by atoms with van der Waals surface area (Å²) < 4.78 is 6.80. The molecule has 0 radical (unpaired) electrons. The van der Waals surface area contributed by atoms with Crippen LogP contribution in [0.25, 0.3) is 11.0 Å². The summed E-state index contributed by atoms with van der Waals surface area (Å²) in [6.45, 7) is 6.30. The summed E-state index contributed by atoms with van der Waals surface area (Å²) >= 11 is 0. The fourth-order valence-electron chi connectivity index (χ4n) is 2.60. The fraction of sp³-hybridized carbons (Fsp3) is 0.375. The molecule has 7 heteroatoms. The van der Waals surface area contributed by atoms with Crippen LogP contribution in [0.2, 0.25) is 0 Å². The van der Waals surface area contributed by atoms with Gasteiger partial charge in [0.05, 0.1) is 11.4 Å². The second kappa shape index (κ2) is 6.20. The van der Waals surface area contributed by atoms with Crippen molar-refractivity contribution in [2.45, 2.75) is 40.3 Å². The highest BCUT2D eigenvalue weighted by atomic mass is 16.5. The molecule has 3 heterocycles. The Labute approximate surface area is 133 Å². The number of aromatic nitrogens is 4. The summed E-state index contributed by atoms with van der Waals surface area (Å²) in [6, 6.07) is 3.81. The van der Waals surface area contributed by atoms with Crippen LogP contribution in [0.3, 0.4) is 0 Å². The van der Waals surface area contributed by atoms with Crippen molar-refractivity contribution in [1.82, 2.24) is 25.2 Å². The van der Waals surface area contributed by atoms with Crippen LogP contribution >= 0.6 is 0 Å². The van der Waals surface area contributed by atoms with Gasteiger partial charge in [-0.05, 0) is 32.4 Å². The summed E-state index contributed by atoms with van der Waals surface area (Å²) in [4.78, 5) is 16.5. The summed E-state index contributed by atoms with van der Waals surface area (Å²) in [5, 5.41) is 12.2. The number of nitrogens with one attached hydrogen (secondary N) is 1. The van der Waals surface area contributed by atoms with Gasteiger partial charge in [0.25, 0.3) is 0 Å². The Morgan fingerprint density at radius 3 is 3.00 bits per heavy atom. The van der Waals surface area contributed by atoms with Crippen LogP contribution in [0.15, 0.2) is 22.9 Å². The number of carbonyl (C=O) groups is 1. The molecule has 0 saturated carbocycles. The first-order chi connectivity index (χ1) is 11.1. The van der Waals surface area contributed by atoms with E-state index in [0.717, 1.165) is 40.2 Å². The Morgan fingerprint density at radius 1 is 1.39 bits per heavy atom. The van der Waals surface area contributed by atoms with Crippen LogP contribution in [-0.2, 0) is 24.3 Å². The molecular weight excluding hydrogens is 294 g/mol. The van der Waals surface area contributed by atoms with E-state index in [0.29, 0.717) is 6.54 Å². The monoisotopic (exact) mass is 313 g/mol. The third-order valence-electron chi connectivity index (χ3n) is 3.85. The molecule has 0 fully saturated rings. The van der Waals surface area contributed by atoms with Crippen LogP contribution in [0.5, 0.6) is 0 Å². The first-order valence-corrected chi connectivity index (χ1v) is 7.59. The van der Waals surface area contributed by atoms with Crippen LogP contribution in [0, 0.1) is 13.8 Å². The second-order valence-corrected chi connectivity index (χ2v) is 5.41. The van der Waals surface area contributed by atoms with Crippen molar-refractivity contribution in [3.63, 3.8) is 0 Å². The zero-order valence-corrected chi connectivity index (χ0v) is 13.5. The summed E-state index contributed by atoms with van der Waals surface area (Å²) in [6.07, 6.45) is 2.47. The lowest BCUT2D eigenvalue weighted by atomic mass is 10.1. The molecule has 3 aromatic heterocycles. The number of fused-ring (bicyclic) bond motifs is 1. The molecule has 0 spiro atoms. The minimum atomic E-state index is -0.122. The number of hydrogen-bond acceptors (Lipinski definition) is 5. The predicted octanol–water partition coefficient (Wildman–Crippen LogP) is 1.91. The molecule has 0 aliphatic heterocycles. The molecule has 23 heavy (non-hydrogen) atoms. The summed E-state index contributed by atoms with van der Waals surface area (Å²) in [5.74, 6) is 0.618. The average Bonchev–Trinajstić information content (AvgIpc) is 3.06. The van der Waals surface area contributed by atoms with Crippen molar-refractivity contribution in [2.24, 2.45) is 0 Å². The molecule has 3 aromatic rings. The quantitative estimate of drug-likeness (QED) is 0.777. The maximum atomic E-state index is 12.2. The van der Waals surface area contributed by atoms with Gasteiger partial charge in [-0.15, -0.1) is 0 Å². The second-order valence-electron chi connectivity index (χ2n) is 5.41. The van der Waals surface area contributed by atoms with Gasteiger partial charge in [-0.3, -0.25) is 4.79 Å². The van der Waals surface area contributed by atoms with Gasteiger partial charge in [0, 0.05) is 23.7 Å². The molecule has 0 bridgehead atoms. The van der Waals surface area contributed by atoms with Crippen molar-refractivity contribution >= 4 is 16.9 Å². The van der Waals surface area contributed by atoms with Gasteiger partial charge in [-0.1, -0.05) is 12.1 Å². The topological polar surface area (TPSA) is 85.8 Å². The van der Waals surface area contributed by atoms with Crippen molar-refractivity contribution in [3.05, 3.63) is 41.0 Å². The van der Waals surface area contributed by atoms with E-state index in [1.54, 1.807) is 10.9 Å². The molecule has 0 saturated heterocycles. The molecule has 120 valence electrons. The Morgan fingerprint density at radius 2 is 2.22 bits per heavy atom. The van der Waals surface area contributed by atoms with E-state index in [1.807, 2.05) is 32.9 Å². The predicted molar refractivity (Wildman–Crippen MR) is 84.7 cm³/mol. The van der Waals surface area contributed by atoms with Gasteiger partial charge >= 0.3 is 0 Å². The van der Waals surface area contributed by atoms with Crippen molar-refractivity contribution < 1.29 is 9.32 Å². The highest BCUT2D eigenvalue weighted by molar-refractivity contribution is 5.81. The van der Waals surface area contributed by atoms with E-state index in [1.165, 1.54) is 0 Å². The number of pyridine rings is 1. The van der Waals surface area contributed by atoms with Gasteiger partial charge in [0.1, 0.15) is 12.3 Å². The van der Waals surface area contributed by atoms with Crippen LogP contribution in [-0.4, -0.2) is 25.8 Å². The van der Waals surface area contributed by atoms with Crippen LogP contribution < -0.4 is 5.32 Å². The number of hydrogen-bond donors (Lipinski definition) is 1. The van der Waals surface area contributed by atoms with Gasteiger partial charge in [-0.2, -0.15) is 5.10 Å². The van der Waals surface area contributed by atoms with Gasteiger partial charge in [0.15, 0.2) is 5.65 Å². The fourth-order valence-corrected chi connectivity index (χ4v) is 2.60. The third kappa shape index (κ3) is 2.94. The zero-order valence-electron chi connectivity index (χ0n) is 13.5. The largest absolute Gasteiger partial charge is 0.361 e. The first-order valence-electron chi connectivity index (χ1n) is 7.59. The average molecular weight is 313 g/mol. The maximum Gasteiger partial charge on any atom is 0.242 e. The smallest absolute Gasteiger partial charge is 0.242 e. The highest BCUT2D eigenvalue weighted by Gasteiger charge is 2.14. The molecule has 0 atom stereocenters. The number of rotatable bonds is 5. The standard InChI is InChI=1S/C16H19N5O2/c1-4-14-13(11(3)23-20-14)8-18-15(22)9-21-16-12(10(2)19-21)6-5-7-17-16/h5-7H,4,8-9H2,1-3H3,(H,18,22). The summed E-state index contributed by atoms with van der Waals surface area (Å²) in [5.41, 5.74) is 3.41. The lowest BCUT2D eigenvalue weighted by Gasteiger charge is -2.06. The molecule has 1 amide bonds. The Bertz CT molecular complexity index is 849. The lowest BCUT2D eigenvalue weighted by molar-refractivity contribution is -0.121. The number of nitrogens with zero attached hydrogens (tertiary/aromatic N) is 4. The normalized spacial score (nSPS) is 11.1. The molecule has 0 aromatic carbocycles. The van der Waals surface area contributed by atoms with E-state index in [-0.39, 0.29) is 12.5 Å². The van der Waals surface area contributed by atoms with Gasteiger partial charge in [0.2, 0.25) is 5.91 Å². The van der Waals surface area contributed by atoms with Gasteiger partial charge in [-0.25, -0.2) is 9.67 Å². The Balaban J connectivity index is 1.71. The minimum Gasteiger partial charge on any atom is -0.361 e.